The maximum absolute atomic E-state index is 13.2. The second kappa shape index (κ2) is 29.5. The topological polar surface area (TPSA) is 232 Å². The number of nitrogens with one attached hydrogen (secondary N) is 2. The first-order chi connectivity index (χ1) is 30.7. The molecule has 2 amide bonds. The number of carboxylic acid groups (broad SMARTS) is 1. The molecule has 64 heavy (non-hydrogen) atoms. The number of esters is 2. The maximum atomic E-state index is 13.2. The van der Waals surface area contributed by atoms with Crippen LogP contribution < -0.4 is 10.6 Å². The Bertz CT molecular complexity index is 1380. The van der Waals surface area contributed by atoms with E-state index in [0.717, 1.165) is 57.1 Å². The molecule has 22 nitrogen and oxygen atoms in total. The van der Waals surface area contributed by atoms with E-state index < -0.39 is 29.4 Å². The van der Waals surface area contributed by atoms with Crippen molar-refractivity contribution in [1.82, 2.24) is 40.0 Å². The number of aliphatic imine (C=N–C) groups is 3. The van der Waals surface area contributed by atoms with Crippen molar-refractivity contribution in [2.24, 2.45) is 15.0 Å². The van der Waals surface area contributed by atoms with Crippen molar-refractivity contribution in [3.63, 3.8) is 0 Å². The van der Waals surface area contributed by atoms with Crippen molar-refractivity contribution in [2.75, 3.05) is 161 Å². The predicted octanol–water partition coefficient (Wildman–Crippen LogP) is -0.611. The second-order valence-electron chi connectivity index (χ2n) is 16.4. The van der Waals surface area contributed by atoms with Gasteiger partial charge in [-0.2, -0.15) is 0 Å². The molecule has 0 aromatic carbocycles. The van der Waals surface area contributed by atoms with Crippen LogP contribution in [-0.2, 0) is 47.7 Å². The van der Waals surface area contributed by atoms with Crippen LogP contribution in [0.2, 0.25) is 0 Å². The van der Waals surface area contributed by atoms with E-state index in [1.54, 1.807) is 0 Å². The van der Waals surface area contributed by atoms with Crippen molar-refractivity contribution < 1.29 is 52.8 Å². The van der Waals surface area contributed by atoms with Crippen molar-refractivity contribution >= 4 is 47.6 Å². The third-order valence-corrected chi connectivity index (χ3v) is 10.6. The monoisotopic (exact) mass is 910 g/mol. The number of carbonyl (C=O) groups excluding carboxylic acids is 4. The second-order valence-corrected chi connectivity index (χ2v) is 16.4. The van der Waals surface area contributed by atoms with Crippen LogP contribution in [0.3, 0.4) is 0 Å². The van der Waals surface area contributed by atoms with E-state index in [0.29, 0.717) is 45.4 Å². The van der Waals surface area contributed by atoms with Crippen LogP contribution in [0.25, 0.3) is 0 Å². The lowest BCUT2D eigenvalue weighted by molar-refractivity contribution is -0.146. The first kappa shape index (κ1) is 53.4. The van der Waals surface area contributed by atoms with Gasteiger partial charge in [0.15, 0.2) is 17.9 Å². The summed E-state index contributed by atoms with van der Waals surface area (Å²) < 4.78 is 28.6. The smallest absolute Gasteiger partial charge is 0.308 e. The lowest BCUT2D eigenvalue weighted by atomic mass is 10.0. The van der Waals surface area contributed by atoms with Gasteiger partial charge >= 0.3 is 17.9 Å². The molecule has 3 aliphatic heterocycles. The number of rotatable bonds is 32. The molecule has 3 rings (SSSR count). The summed E-state index contributed by atoms with van der Waals surface area (Å²) in [5.74, 6) is 0.113. The van der Waals surface area contributed by atoms with Crippen LogP contribution in [0.15, 0.2) is 15.0 Å². The van der Waals surface area contributed by atoms with Gasteiger partial charge in [0.2, 0.25) is 11.8 Å². The van der Waals surface area contributed by atoms with Gasteiger partial charge < -0.3 is 68.8 Å². The third kappa shape index (κ3) is 20.7. The Balaban J connectivity index is 1.53. The number of likely N-dealkylation sites (N-methyl/N-ethyl adjacent to an activating group) is 6. The summed E-state index contributed by atoms with van der Waals surface area (Å²) in [5.41, 5.74) is -1.33. The molecule has 3 heterocycles. The standard InChI is InChI=1S/C42H75N11O11/c1-48-20-21-49(2)39(48)44-17-8-16-43-34(54)13-28-60-31-42(47-35(55)11-7-12-36(56)57,32-61-29-14-37(58)63-26-9-18-45-40-50(3)22-23-51(40)4)33-62-30-15-38(59)64-27-10-19-46-41-52(5)24-25-53(41)6/h7-33H2,1-6H3,(H,43,54)(H,47,55)(H,56,57). The van der Waals surface area contributed by atoms with E-state index in [9.17, 15) is 24.0 Å². The molecule has 22 heteroatoms. The van der Waals surface area contributed by atoms with Gasteiger partial charge in [0.05, 0.1) is 65.7 Å². The normalized spacial score (nSPS) is 15.3. The molecule has 3 saturated heterocycles. The summed E-state index contributed by atoms with van der Waals surface area (Å²) in [6.45, 7) is 7.36. The molecule has 3 aliphatic rings. The molecule has 3 N–H and O–H groups in total. The molecule has 364 valence electrons. The zero-order valence-electron chi connectivity index (χ0n) is 39.1. The van der Waals surface area contributed by atoms with E-state index in [4.69, 9.17) is 28.8 Å². The number of guanidine groups is 3. The highest BCUT2D eigenvalue weighted by molar-refractivity contribution is 5.82. The highest BCUT2D eigenvalue weighted by atomic mass is 16.5. The van der Waals surface area contributed by atoms with Gasteiger partial charge in [-0.15, -0.1) is 0 Å². The predicted molar refractivity (Wildman–Crippen MR) is 240 cm³/mol. The van der Waals surface area contributed by atoms with Gasteiger partial charge in [-0.25, -0.2) is 0 Å². The van der Waals surface area contributed by atoms with Gasteiger partial charge in [-0.05, 0) is 12.8 Å². The number of carboxylic acids is 1. The zero-order valence-corrected chi connectivity index (χ0v) is 39.1. The lowest BCUT2D eigenvalue weighted by Crippen LogP contribution is -2.58. The molecule has 0 radical (unpaired) electrons. The number of carbonyl (C=O) groups is 5. The van der Waals surface area contributed by atoms with Crippen LogP contribution in [0.1, 0.15) is 57.8 Å². The Labute approximate surface area is 378 Å². The number of aliphatic carboxylic acids is 1. The average Bonchev–Trinajstić information content (AvgIpc) is 3.88. The quantitative estimate of drug-likeness (QED) is 0.0565. The Kier molecular flexibility index (Phi) is 24.6. The third-order valence-electron chi connectivity index (χ3n) is 10.6. The summed E-state index contributed by atoms with van der Waals surface area (Å²) in [6.07, 6.45) is 1.51. The minimum atomic E-state index is -1.33. The van der Waals surface area contributed by atoms with Gasteiger partial charge in [0.1, 0.15) is 5.54 Å². The van der Waals surface area contributed by atoms with Crippen molar-refractivity contribution in [3.8, 4) is 0 Å². The van der Waals surface area contributed by atoms with Crippen LogP contribution >= 0.6 is 0 Å². The minimum absolute atomic E-state index is 0.00916. The summed E-state index contributed by atoms with van der Waals surface area (Å²) in [4.78, 5) is 88.5. The summed E-state index contributed by atoms with van der Waals surface area (Å²) in [5, 5.41) is 14.9. The van der Waals surface area contributed by atoms with Gasteiger partial charge in [0, 0.05) is 140 Å². The largest absolute Gasteiger partial charge is 0.481 e. The minimum Gasteiger partial charge on any atom is -0.481 e. The van der Waals surface area contributed by atoms with E-state index in [-0.39, 0.29) is 97.3 Å². The Morgan fingerprint density at radius 3 is 1.31 bits per heavy atom. The molecular formula is C42H75N11O11. The average molecular weight is 910 g/mol. The Morgan fingerprint density at radius 1 is 0.516 bits per heavy atom. The number of ether oxygens (including phenoxy) is 5. The van der Waals surface area contributed by atoms with E-state index in [2.05, 4.69) is 55.0 Å². The fourth-order valence-electron chi connectivity index (χ4n) is 6.95. The van der Waals surface area contributed by atoms with Crippen LogP contribution in [-0.4, -0.2) is 248 Å². The molecule has 0 bridgehead atoms. The molecular weight excluding hydrogens is 835 g/mol. The molecule has 0 saturated carbocycles. The summed E-state index contributed by atoms with van der Waals surface area (Å²) >= 11 is 0. The molecule has 0 aromatic rings. The number of hydrogen-bond acceptors (Lipinski definition) is 13. The summed E-state index contributed by atoms with van der Waals surface area (Å²) in [7, 11) is 11.9. The zero-order chi connectivity index (χ0) is 46.7. The van der Waals surface area contributed by atoms with Crippen LogP contribution in [0.4, 0.5) is 0 Å². The van der Waals surface area contributed by atoms with Crippen LogP contribution in [0, 0.1) is 0 Å². The van der Waals surface area contributed by atoms with Crippen molar-refractivity contribution in [3.05, 3.63) is 0 Å². The SMILES string of the molecule is CN1CCN(C)C1=NCCCNC(=O)CCOCC(COCCC(=O)OCCCN=C1N(C)CCN1C)(COCCC(=O)OCCCN=C1N(C)CCN1C)NC(=O)CCCC(=O)O. The molecule has 3 fully saturated rings. The molecule has 0 aliphatic carbocycles. The van der Waals surface area contributed by atoms with Crippen LogP contribution in [0.5, 0.6) is 0 Å². The fraction of sp³-hybridized carbons (Fsp3) is 0.810. The molecule has 0 spiro atoms. The van der Waals surface area contributed by atoms with Gasteiger partial charge in [-0.3, -0.25) is 38.9 Å². The first-order valence-corrected chi connectivity index (χ1v) is 22.4. The van der Waals surface area contributed by atoms with E-state index >= 15 is 0 Å². The number of nitrogens with zero attached hydrogens (tertiary/aromatic N) is 9. The fourth-order valence-corrected chi connectivity index (χ4v) is 6.95. The number of hydrogen-bond donors (Lipinski definition) is 3. The Hall–Kier alpha value is -4.96. The summed E-state index contributed by atoms with van der Waals surface area (Å²) in [6, 6.07) is 0. The van der Waals surface area contributed by atoms with Gasteiger partial charge in [0.25, 0.3) is 0 Å². The van der Waals surface area contributed by atoms with E-state index in [1.807, 2.05) is 42.3 Å². The number of amides is 2. The lowest BCUT2D eigenvalue weighted by Gasteiger charge is -2.34. The first-order valence-electron chi connectivity index (χ1n) is 22.4. The highest BCUT2D eigenvalue weighted by Gasteiger charge is 2.34. The molecule has 0 atom stereocenters. The highest BCUT2D eigenvalue weighted by Crippen LogP contribution is 2.13. The molecule has 0 unspecified atom stereocenters. The Morgan fingerprint density at radius 2 is 0.906 bits per heavy atom. The van der Waals surface area contributed by atoms with Gasteiger partial charge in [-0.1, -0.05) is 0 Å². The van der Waals surface area contributed by atoms with Crippen molar-refractivity contribution in [2.45, 2.75) is 63.3 Å². The molecule has 0 aromatic heterocycles. The van der Waals surface area contributed by atoms with E-state index in [1.165, 1.54) is 0 Å². The van der Waals surface area contributed by atoms with Crippen molar-refractivity contribution in [1.29, 1.82) is 0 Å². The maximum Gasteiger partial charge on any atom is 0.308 e.